The molecule has 0 aliphatic rings. The molecular weight excluding hydrogens is 358 g/mol. The van der Waals surface area contributed by atoms with Gasteiger partial charge in [-0.05, 0) is 19.1 Å². The zero-order valence-electron chi connectivity index (χ0n) is 15.1. The van der Waals surface area contributed by atoms with Crippen molar-refractivity contribution in [1.29, 1.82) is 0 Å². The van der Waals surface area contributed by atoms with Crippen LogP contribution in [-0.4, -0.2) is 33.0 Å². The summed E-state index contributed by atoms with van der Waals surface area (Å²) in [5.41, 5.74) is 1.39. The second kappa shape index (κ2) is 7.11. The lowest BCUT2D eigenvalue weighted by Crippen LogP contribution is -2.25. The van der Waals surface area contributed by atoms with Crippen LogP contribution in [0.25, 0.3) is 21.7 Å². The summed E-state index contributed by atoms with van der Waals surface area (Å²) in [6, 6.07) is 14.3. The number of hydrogen-bond donors (Lipinski definition) is 2. The van der Waals surface area contributed by atoms with Crippen LogP contribution in [0.2, 0.25) is 0 Å². The number of fused-ring (bicyclic) bond motifs is 2. The predicted octanol–water partition coefficient (Wildman–Crippen LogP) is 2.76. The molecule has 0 radical (unpaired) electrons. The van der Waals surface area contributed by atoms with E-state index < -0.39 is 12.1 Å². The number of rotatable bonds is 5. The van der Waals surface area contributed by atoms with E-state index in [-0.39, 0.29) is 17.8 Å². The highest BCUT2D eigenvalue weighted by Gasteiger charge is 2.23. The monoisotopic (exact) mass is 375 g/mol. The van der Waals surface area contributed by atoms with Crippen molar-refractivity contribution < 1.29 is 14.3 Å². The van der Waals surface area contributed by atoms with E-state index >= 15 is 0 Å². The fourth-order valence-corrected chi connectivity index (χ4v) is 3.23. The predicted molar refractivity (Wildman–Crippen MR) is 104 cm³/mol. The Morgan fingerprint density at radius 1 is 1.04 bits per heavy atom. The first-order chi connectivity index (χ1) is 13.5. The van der Waals surface area contributed by atoms with Crippen molar-refractivity contribution in [2.75, 3.05) is 0 Å². The topological polar surface area (TPSA) is 105 Å². The first kappa shape index (κ1) is 17.7. The largest absolute Gasteiger partial charge is 0.454 e. The molecule has 2 aromatic carbocycles. The highest BCUT2D eigenvalue weighted by molar-refractivity contribution is 6.10. The number of nitrogens with zero attached hydrogens (tertiary/aromatic N) is 1. The van der Waals surface area contributed by atoms with Crippen LogP contribution in [0.1, 0.15) is 23.0 Å². The summed E-state index contributed by atoms with van der Waals surface area (Å²) in [4.78, 5) is 40.0. The number of benzene rings is 2. The molecule has 1 atom stereocenters. The van der Waals surface area contributed by atoms with Crippen LogP contribution in [0, 0.1) is 0 Å². The van der Waals surface area contributed by atoms with Gasteiger partial charge in [0, 0.05) is 28.0 Å². The van der Waals surface area contributed by atoms with Gasteiger partial charge in [0.25, 0.3) is 5.56 Å². The van der Waals surface area contributed by atoms with Crippen LogP contribution in [0.4, 0.5) is 0 Å². The molecule has 2 N–H and O–H groups in total. The Kier molecular flexibility index (Phi) is 4.49. The van der Waals surface area contributed by atoms with Gasteiger partial charge in [0.2, 0.25) is 5.78 Å². The van der Waals surface area contributed by atoms with E-state index in [9.17, 15) is 14.4 Å². The minimum atomic E-state index is -0.944. The quantitative estimate of drug-likeness (QED) is 0.412. The van der Waals surface area contributed by atoms with Gasteiger partial charge in [-0.15, -0.1) is 0 Å². The number of ketones is 1. The van der Waals surface area contributed by atoms with Crippen LogP contribution in [0.3, 0.4) is 0 Å². The number of hydrogen-bond acceptors (Lipinski definition) is 5. The zero-order valence-corrected chi connectivity index (χ0v) is 15.1. The maximum absolute atomic E-state index is 12.7. The van der Waals surface area contributed by atoms with Gasteiger partial charge >= 0.3 is 5.97 Å². The van der Waals surface area contributed by atoms with Gasteiger partial charge in [0.15, 0.2) is 6.10 Å². The van der Waals surface area contributed by atoms with Gasteiger partial charge in [0.05, 0.1) is 17.5 Å². The number of H-pyrrole nitrogens is 2. The van der Waals surface area contributed by atoms with E-state index in [1.165, 1.54) is 0 Å². The molecule has 7 nitrogen and oxygen atoms in total. The molecule has 1 unspecified atom stereocenters. The smallest absolute Gasteiger partial charge is 0.312 e. The standard InChI is InChI=1S/C21H17N3O4/c1-12(20(26)16-11-22-17-9-5-4-7-14(16)17)28-19(25)10-18-13-6-2-3-8-15(13)21(27)24-23-18/h2-9,11-12,22H,10H2,1H3,(H,24,27). The normalized spacial score (nSPS) is 12.2. The lowest BCUT2D eigenvalue weighted by molar-refractivity contribution is -0.145. The number of aromatic amines is 2. The number of nitrogens with one attached hydrogen (secondary N) is 2. The van der Waals surface area contributed by atoms with Gasteiger partial charge in [0.1, 0.15) is 0 Å². The molecule has 0 amide bonds. The lowest BCUT2D eigenvalue weighted by Gasteiger charge is -2.12. The van der Waals surface area contributed by atoms with Gasteiger partial charge in [-0.2, -0.15) is 5.10 Å². The molecule has 2 heterocycles. The molecular formula is C21H17N3O4. The molecule has 4 rings (SSSR count). The summed E-state index contributed by atoms with van der Waals surface area (Å²) in [5.74, 6) is -0.879. The fraction of sp³-hybridized carbons (Fsp3) is 0.143. The van der Waals surface area contributed by atoms with Crippen molar-refractivity contribution in [2.45, 2.75) is 19.4 Å². The molecule has 0 aliphatic carbocycles. The summed E-state index contributed by atoms with van der Waals surface area (Å²) in [6.07, 6.45) is 0.526. The van der Waals surface area contributed by atoms with Crippen molar-refractivity contribution in [3.05, 3.63) is 76.3 Å². The minimum absolute atomic E-state index is 0.150. The van der Waals surface area contributed by atoms with Crippen LogP contribution < -0.4 is 5.56 Å². The number of carbonyl (C=O) groups is 2. The van der Waals surface area contributed by atoms with E-state index in [1.54, 1.807) is 37.4 Å². The Balaban J connectivity index is 1.52. The summed E-state index contributed by atoms with van der Waals surface area (Å²) >= 11 is 0. The second-order valence-corrected chi connectivity index (χ2v) is 6.47. The van der Waals surface area contributed by atoms with Crippen molar-refractivity contribution in [3.63, 3.8) is 0 Å². The Bertz CT molecular complexity index is 1260. The van der Waals surface area contributed by atoms with E-state index in [0.29, 0.717) is 22.0 Å². The number of carbonyl (C=O) groups excluding carboxylic acids is 2. The Labute approximate surface area is 159 Å². The Morgan fingerprint density at radius 3 is 2.50 bits per heavy atom. The summed E-state index contributed by atoms with van der Waals surface area (Å²) in [5, 5.41) is 8.15. The first-order valence-corrected chi connectivity index (χ1v) is 8.80. The van der Waals surface area contributed by atoms with E-state index in [0.717, 1.165) is 10.9 Å². The second-order valence-electron chi connectivity index (χ2n) is 6.47. The van der Waals surface area contributed by atoms with Crippen LogP contribution in [0.5, 0.6) is 0 Å². The highest BCUT2D eigenvalue weighted by Crippen LogP contribution is 2.20. The lowest BCUT2D eigenvalue weighted by atomic mass is 10.1. The third kappa shape index (κ3) is 3.18. The molecule has 28 heavy (non-hydrogen) atoms. The van der Waals surface area contributed by atoms with Gasteiger partial charge in [-0.3, -0.25) is 14.4 Å². The van der Waals surface area contributed by atoms with E-state index in [1.807, 2.05) is 24.3 Å². The zero-order chi connectivity index (χ0) is 19.7. The average molecular weight is 375 g/mol. The number of para-hydroxylation sites is 1. The molecule has 0 fully saturated rings. The van der Waals surface area contributed by atoms with Crippen LogP contribution in [0.15, 0.2) is 59.5 Å². The number of ether oxygens (including phenoxy) is 1. The molecule has 0 bridgehead atoms. The Morgan fingerprint density at radius 2 is 1.71 bits per heavy atom. The maximum Gasteiger partial charge on any atom is 0.312 e. The number of aromatic nitrogens is 3. The van der Waals surface area contributed by atoms with Crippen LogP contribution in [-0.2, 0) is 16.0 Å². The van der Waals surface area contributed by atoms with E-state index in [2.05, 4.69) is 15.2 Å². The van der Waals surface area contributed by atoms with Crippen molar-refractivity contribution in [1.82, 2.24) is 15.2 Å². The third-order valence-corrected chi connectivity index (χ3v) is 4.62. The molecule has 4 aromatic rings. The number of Topliss-reactive ketones (excluding diaryl/α,β-unsaturated/α-hetero) is 1. The SMILES string of the molecule is CC(OC(=O)Cc1n[nH]c(=O)c2ccccc12)C(=O)c1c[nH]c2ccccc12. The summed E-state index contributed by atoms with van der Waals surface area (Å²) < 4.78 is 5.33. The van der Waals surface area contributed by atoms with Gasteiger partial charge in [-0.25, -0.2) is 5.10 Å². The molecule has 0 spiro atoms. The number of esters is 1. The molecule has 0 aliphatic heterocycles. The third-order valence-electron chi connectivity index (χ3n) is 4.62. The molecule has 7 heteroatoms. The molecule has 0 saturated heterocycles. The fourth-order valence-electron chi connectivity index (χ4n) is 3.23. The van der Waals surface area contributed by atoms with E-state index in [4.69, 9.17) is 4.74 Å². The van der Waals surface area contributed by atoms with Crippen molar-refractivity contribution in [3.8, 4) is 0 Å². The Hall–Kier alpha value is -3.74. The molecule has 140 valence electrons. The van der Waals surface area contributed by atoms with Crippen LogP contribution >= 0.6 is 0 Å². The molecule has 0 saturated carbocycles. The summed E-state index contributed by atoms with van der Waals surface area (Å²) in [7, 11) is 0. The maximum atomic E-state index is 12.7. The van der Waals surface area contributed by atoms with Gasteiger partial charge < -0.3 is 9.72 Å². The highest BCUT2D eigenvalue weighted by atomic mass is 16.5. The minimum Gasteiger partial charge on any atom is -0.454 e. The summed E-state index contributed by atoms with van der Waals surface area (Å²) in [6.45, 7) is 1.54. The first-order valence-electron chi connectivity index (χ1n) is 8.80. The van der Waals surface area contributed by atoms with Crippen molar-refractivity contribution >= 4 is 33.4 Å². The average Bonchev–Trinajstić information content (AvgIpc) is 3.14. The molecule has 2 aromatic heterocycles. The van der Waals surface area contributed by atoms with Gasteiger partial charge in [-0.1, -0.05) is 36.4 Å². The van der Waals surface area contributed by atoms with Crippen molar-refractivity contribution in [2.24, 2.45) is 0 Å².